The predicted molar refractivity (Wildman–Crippen MR) is 68.0 cm³/mol. The number of carbonyl (C=O) groups excluding carboxylic acids is 1. The SMILES string of the molecule is Cc1ccc(F)cc1C(=O)C(O)C1CCCCC1. The maximum absolute atomic E-state index is 13.2. The highest BCUT2D eigenvalue weighted by Gasteiger charge is 2.29. The molecule has 18 heavy (non-hydrogen) atoms. The minimum absolute atomic E-state index is 0.0360. The number of halogens is 1. The van der Waals surface area contributed by atoms with Crippen LogP contribution in [0.2, 0.25) is 0 Å². The van der Waals surface area contributed by atoms with Crippen molar-refractivity contribution in [2.45, 2.75) is 45.1 Å². The minimum atomic E-state index is -0.981. The van der Waals surface area contributed by atoms with Gasteiger partial charge in [0.1, 0.15) is 11.9 Å². The minimum Gasteiger partial charge on any atom is -0.385 e. The first-order chi connectivity index (χ1) is 8.59. The summed E-state index contributed by atoms with van der Waals surface area (Å²) < 4.78 is 13.2. The molecule has 0 spiro atoms. The lowest BCUT2D eigenvalue weighted by Crippen LogP contribution is -2.31. The van der Waals surface area contributed by atoms with E-state index in [0.29, 0.717) is 5.56 Å². The third kappa shape index (κ3) is 2.78. The zero-order valence-electron chi connectivity index (χ0n) is 10.7. The summed E-state index contributed by atoms with van der Waals surface area (Å²) in [6.07, 6.45) is 4.11. The summed E-state index contributed by atoms with van der Waals surface area (Å²) >= 11 is 0. The summed E-state index contributed by atoms with van der Waals surface area (Å²) in [5, 5.41) is 10.1. The van der Waals surface area contributed by atoms with Crippen molar-refractivity contribution in [2.75, 3.05) is 0 Å². The smallest absolute Gasteiger partial charge is 0.191 e. The van der Waals surface area contributed by atoms with E-state index in [1.165, 1.54) is 18.6 Å². The van der Waals surface area contributed by atoms with Gasteiger partial charge in [0.25, 0.3) is 0 Å². The molecule has 1 aliphatic rings. The monoisotopic (exact) mass is 250 g/mol. The summed E-state index contributed by atoms with van der Waals surface area (Å²) in [4.78, 5) is 12.2. The number of aliphatic hydroxyl groups is 1. The standard InChI is InChI=1S/C15H19FO2/c1-10-7-8-12(16)9-13(10)15(18)14(17)11-5-3-2-4-6-11/h7-9,11,14,17H,2-6H2,1H3. The molecular formula is C15H19FO2. The Kier molecular flexibility index (Phi) is 4.12. The number of aliphatic hydroxyl groups excluding tert-OH is 1. The van der Waals surface area contributed by atoms with E-state index in [0.717, 1.165) is 31.2 Å². The molecule has 0 amide bonds. The molecule has 2 rings (SSSR count). The van der Waals surface area contributed by atoms with Gasteiger partial charge in [-0.05, 0) is 43.4 Å². The Balaban J connectivity index is 2.16. The van der Waals surface area contributed by atoms with E-state index < -0.39 is 11.9 Å². The number of ketones is 1. The summed E-state index contributed by atoms with van der Waals surface area (Å²) in [7, 11) is 0. The fraction of sp³-hybridized carbons (Fsp3) is 0.533. The lowest BCUT2D eigenvalue weighted by atomic mass is 9.82. The molecule has 1 N–H and O–H groups in total. The van der Waals surface area contributed by atoms with Crippen molar-refractivity contribution in [1.82, 2.24) is 0 Å². The van der Waals surface area contributed by atoms with Crippen LogP contribution in [0.3, 0.4) is 0 Å². The van der Waals surface area contributed by atoms with E-state index in [-0.39, 0.29) is 11.7 Å². The average molecular weight is 250 g/mol. The number of benzene rings is 1. The molecule has 1 aliphatic carbocycles. The number of rotatable bonds is 3. The molecule has 1 aromatic carbocycles. The molecule has 1 saturated carbocycles. The van der Waals surface area contributed by atoms with Crippen LogP contribution in [0.5, 0.6) is 0 Å². The van der Waals surface area contributed by atoms with Crippen LogP contribution in [-0.2, 0) is 0 Å². The van der Waals surface area contributed by atoms with Crippen molar-refractivity contribution in [2.24, 2.45) is 5.92 Å². The molecule has 1 fully saturated rings. The van der Waals surface area contributed by atoms with Crippen LogP contribution in [-0.4, -0.2) is 17.0 Å². The third-order valence-electron chi connectivity index (χ3n) is 3.83. The number of aryl methyl sites for hydroxylation is 1. The van der Waals surface area contributed by atoms with E-state index >= 15 is 0 Å². The number of carbonyl (C=O) groups is 1. The molecule has 3 heteroatoms. The van der Waals surface area contributed by atoms with Crippen LogP contribution in [0, 0.1) is 18.7 Å². The molecule has 1 aromatic rings. The fourth-order valence-electron chi connectivity index (χ4n) is 2.68. The Hall–Kier alpha value is -1.22. The lowest BCUT2D eigenvalue weighted by molar-refractivity contribution is 0.0533. The maximum atomic E-state index is 13.2. The van der Waals surface area contributed by atoms with Gasteiger partial charge >= 0.3 is 0 Å². The topological polar surface area (TPSA) is 37.3 Å². The second kappa shape index (κ2) is 5.61. The van der Waals surface area contributed by atoms with Crippen molar-refractivity contribution >= 4 is 5.78 Å². The van der Waals surface area contributed by atoms with Gasteiger partial charge in [0.05, 0.1) is 0 Å². The van der Waals surface area contributed by atoms with E-state index in [2.05, 4.69) is 0 Å². The zero-order chi connectivity index (χ0) is 13.1. The summed E-state index contributed by atoms with van der Waals surface area (Å²) in [5.74, 6) is -0.729. The van der Waals surface area contributed by atoms with Crippen LogP contribution < -0.4 is 0 Å². The normalized spacial score (nSPS) is 18.6. The van der Waals surface area contributed by atoms with Crippen LogP contribution >= 0.6 is 0 Å². The van der Waals surface area contributed by atoms with Crippen LogP contribution in [0.25, 0.3) is 0 Å². The van der Waals surface area contributed by atoms with Crippen molar-refractivity contribution in [3.63, 3.8) is 0 Å². The van der Waals surface area contributed by atoms with E-state index in [1.807, 2.05) is 0 Å². The van der Waals surface area contributed by atoms with Crippen molar-refractivity contribution in [3.8, 4) is 0 Å². The average Bonchev–Trinajstić information content (AvgIpc) is 2.41. The number of Topliss-reactive ketones (excluding diaryl/α,β-unsaturated/α-hetero) is 1. The Bertz CT molecular complexity index is 436. The third-order valence-corrected chi connectivity index (χ3v) is 3.83. The summed E-state index contributed by atoms with van der Waals surface area (Å²) in [6, 6.07) is 4.14. The highest BCUT2D eigenvalue weighted by atomic mass is 19.1. The molecule has 98 valence electrons. The molecule has 0 aromatic heterocycles. The summed E-state index contributed by atoms with van der Waals surface area (Å²) in [6.45, 7) is 1.76. The van der Waals surface area contributed by atoms with Crippen LogP contribution in [0.1, 0.15) is 48.0 Å². The van der Waals surface area contributed by atoms with E-state index in [9.17, 15) is 14.3 Å². The molecule has 2 nitrogen and oxygen atoms in total. The van der Waals surface area contributed by atoms with Crippen molar-refractivity contribution in [1.29, 1.82) is 0 Å². The van der Waals surface area contributed by atoms with Crippen molar-refractivity contribution in [3.05, 3.63) is 35.1 Å². The van der Waals surface area contributed by atoms with Gasteiger partial charge in [-0.15, -0.1) is 0 Å². The quantitative estimate of drug-likeness (QED) is 0.836. The van der Waals surface area contributed by atoms with Gasteiger partial charge in [0, 0.05) is 5.56 Å². The Morgan fingerprint density at radius 2 is 2.00 bits per heavy atom. The Labute approximate surface area is 107 Å². The highest BCUT2D eigenvalue weighted by Crippen LogP contribution is 2.28. The molecule has 0 aliphatic heterocycles. The van der Waals surface area contributed by atoms with Crippen LogP contribution in [0.15, 0.2) is 18.2 Å². The second-order valence-electron chi connectivity index (χ2n) is 5.17. The van der Waals surface area contributed by atoms with Gasteiger partial charge in [0.15, 0.2) is 5.78 Å². The zero-order valence-corrected chi connectivity index (χ0v) is 10.7. The number of hydrogen-bond donors (Lipinski definition) is 1. The Morgan fingerprint density at radius 1 is 1.33 bits per heavy atom. The van der Waals surface area contributed by atoms with Crippen LogP contribution in [0.4, 0.5) is 4.39 Å². The van der Waals surface area contributed by atoms with Crippen molar-refractivity contribution < 1.29 is 14.3 Å². The van der Waals surface area contributed by atoms with Gasteiger partial charge in [-0.25, -0.2) is 4.39 Å². The first-order valence-electron chi connectivity index (χ1n) is 6.58. The fourth-order valence-corrected chi connectivity index (χ4v) is 2.68. The largest absolute Gasteiger partial charge is 0.385 e. The van der Waals surface area contributed by atoms with Gasteiger partial charge < -0.3 is 5.11 Å². The van der Waals surface area contributed by atoms with E-state index in [1.54, 1.807) is 13.0 Å². The number of hydrogen-bond acceptors (Lipinski definition) is 2. The first kappa shape index (κ1) is 13.2. The molecular weight excluding hydrogens is 231 g/mol. The molecule has 0 radical (unpaired) electrons. The maximum Gasteiger partial charge on any atom is 0.191 e. The second-order valence-corrected chi connectivity index (χ2v) is 5.17. The first-order valence-corrected chi connectivity index (χ1v) is 6.58. The lowest BCUT2D eigenvalue weighted by Gasteiger charge is -2.26. The molecule has 0 bridgehead atoms. The molecule has 0 saturated heterocycles. The van der Waals surface area contributed by atoms with Gasteiger partial charge in [-0.3, -0.25) is 4.79 Å². The molecule has 1 unspecified atom stereocenters. The Morgan fingerprint density at radius 3 is 2.67 bits per heavy atom. The van der Waals surface area contributed by atoms with Gasteiger partial charge in [0.2, 0.25) is 0 Å². The van der Waals surface area contributed by atoms with E-state index in [4.69, 9.17) is 0 Å². The summed E-state index contributed by atoms with van der Waals surface area (Å²) in [5.41, 5.74) is 1.03. The van der Waals surface area contributed by atoms with Gasteiger partial charge in [-0.1, -0.05) is 25.3 Å². The molecule has 1 atom stereocenters. The molecule has 0 heterocycles. The highest BCUT2D eigenvalue weighted by molar-refractivity contribution is 6.00. The van der Waals surface area contributed by atoms with Gasteiger partial charge in [-0.2, -0.15) is 0 Å². The predicted octanol–water partition coefficient (Wildman–Crippen LogP) is 3.26.